The molecule has 14 heavy (non-hydrogen) atoms. The fourth-order valence-electron chi connectivity index (χ4n) is 1.38. The van der Waals surface area contributed by atoms with Gasteiger partial charge in [0.25, 0.3) is 0 Å². The van der Waals surface area contributed by atoms with Crippen LogP contribution in [0.25, 0.3) is 11.0 Å². The first-order valence-electron chi connectivity index (χ1n) is 4.75. The van der Waals surface area contributed by atoms with Crippen molar-refractivity contribution in [2.45, 2.75) is 26.3 Å². The molecule has 0 unspecified atom stereocenters. The zero-order valence-corrected chi connectivity index (χ0v) is 8.14. The van der Waals surface area contributed by atoms with E-state index in [1.54, 1.807) is 6.20 Å². The molecule has 0 saturated carbocycles. The van der Waals surface area contributed by atoms with Crippen LogP contribution in [0.4, 0.5) is 5.82 Å². The molecule has 2 rings (SSSR count). The van der Waals surface area contributed by atoms with Crippen LogP contribution in [0.1, 0.15) is 19.8 Å². The first-order chi connectivity index (χ1) is 6.83. The number of aromatic nitrogens is 4. The molecule has 0 spiro atoms. The van der Waals surface area contributed by atoms with Crippen molar-refractivity contribution < 1.29 is 0 Å². The quantitative estimate of drug-likeness (QED) is 0.791. The third kappa shape index (κ3) is 1.41. The monoisotopic (exact) mass is 191 g/mol. The summed E-state index contributed by atoms with van der Waals surface area (Å²) in [7, 11) is 0. The van der Waals surface area contributed by atoms with Gasteiger partial charge in [-0.1, -0.05) is 13.3 Å². The third-order valence-corrected chi connectivity index (χ3v) is 2.19. The second kappa shape index (κ2) is 3.61. The zero-order chi connectivity index (χ0) is 9.97. The van der Waals surface area contributed by atoms with Crippen molar-refractivity contribution >= 4 is 16.9 Å². The van der Waals surface area contributed by atoms with Gasteiger partial charge in [-0.25, -0.2) is 14.6 Å². The average molecular weight is 191 g/mol. The van der Waals surface area contributed by atoms with Gasteiger partial charge in [0, 0.05) is 6.54 Å². The molecule has 2 heterocycles. The van der Waals surface area contributed by atoms with Crippen molar-refractivity contribution in [1.29, 1.82) is 0 Å². The topological polar surface area (TPSA) is 69.6 Å². The number of unbranched alkanes of at least 4 members (excludes halogenated alkanes) is 1. The Bertz CT molecular complexity index is 434. The van der Waals surface area contributed by atoms with Crippen LogP contribution in [0.5, 0.6) is 0 Å². The number of rotatable bonds is 3. The summed E-state index contributed by atoms with van der Waals surface area (Å²) < 4.78 is 1.87. The first-order valence-corrected chi connectivity index (χ1v) is 4.75. The molecule has 74 valence electrons. The molecule has 0 amide bonds. The number of hydrogen-bond donors (Lipinski definition) is 1. The molecular weight excluding hydrogens is 178 g/mol. The summed E-state index contributed by atoms with van der Waals surface area (Å²) in [5, 5.41) is 5.06. The smallest absolute Gasteiger partial charge is 0.163 e. The van der Waals surface area contributed by atoms with Crippen molar-refractivity contribution in [3.8, 4) is 0 Å². The third-order valence-electron chi connectivity index (χ3n) is 2.19. The van der Waals surface area contributed by atoms with Crippen LogP contribution in [-0.4, -0.2) is 19.7 Å². The number of nitrogens with two attached hydrogens (primary N) is 1. The molecule has 0 fully saturated rings. The average Bonchev–Trinajstić information content (AvgIpc) is 2.60. The fourth-order valence-corrected chi connectivity index (χ4v) is 1.38. The van der Waals surface area contributed by atoms with Crippen LogP contribution in [0.3, 0.4) is 0 Å². The van der Waals surface area contributed by atoms with Crippen molar-refractivity contribution in [1.82, 2.24) is 19.7 Å². The molecular formula is C9H13N5. The number of hydrogen-bond acceptors (Lipinski definition) is 4. The lowest BCUT2D eigenvalue weighted by Gasteiger charge is -2.00. The maximum absolute atomic E-state index is 5.69. The SMILES string of the molecule is CCCCn1ncc2c(N)ncnc21. The molecule has 0 atom stereocenters. The van der Waals surface area contributed by atoms with Gasteiger partial charge < -0.3 is 5.73 Å². The molecule has 2 aromatic rings. The molecule has 5 heteroatoms. The van der Waals surface area contributed by atoms with Crippen LogP contribution in [-0.2, 0) is 6.54 Å². The normalized spacial score (nSPS) is 10.9. The predicted molar refractivity (Wildman–Crippen MR) is 54.6 cm³/mol. The van der Waals surface area contributed by atoms with Crippen molar-refractivity contribution in [2.75, 3.05) is 5.73 Å². The van der Waals surface area contributed by atoms with Crippen LogP contribution in [0.2, 0.25) is 0 Å². The number of fused-ring (bicyclic) bond motifs is 1. The minimum absolute atomic E-state index is 0.498. The number of aryl methyl sites for hydroxylation is 1. The van der Waals surface area contributed by atoms with Gasteiger partial charge in [0.1, 0.15) is 12.1 Å². The Morgan fingerprint density at radius 2 is 2.29 bits per heavy atom. The largest absolute Gasteiger partial charge is 0.383 e. The Kier molecular flexibility index (Phi) is 2.30. The Labute approximate surface area is 82.0 Å². The Morgan fingerprint density at radius 1 is 1.43 bits per heavy atom. The van der Waals surface area contributed by atoms with E-state index in [0.717, 1.165) is 30.4 Å². The van der Waals surface area contributed by atoms with Gasteiger partial charge in [-0.2, -0.15) is 5.10 Å². The Hall–Kier alpha value is -1.65. The van der Waals surface area contributed by atoms with E-state index in [2.05, 4.69) is 22.0 Å². The van der Waals surface area contributed by atoms with Gasteiger partial charge >= 0.3 is 0 Å². The number of nitrogen functional groups attached to an aromatic ring is 1. The van der Waals surface area contributed by atoms with Gasteiger partial charge in [-0.15, -0.1) is 0 Å². The summed E-state index contributed by atoms with van der Waals surface area (Å²) in [6, 6.07) is 0. The van der Waals surface area contributed by atoms with E-state index in [9.17, 15) is 0 Å². The van der Waals surface area contributed by atoms with E-state index in [1.807, 2.05) is 4.68 Å². The van der Waals surface area contributed by atoms with Crippen LogP contribution >= 0.6 is 0 Å². The molecule has 0 aliphatic rings. The second-order valence-corrected chi connectivity index (χ2v) is 3.22. The maximum atomic E-state index is 5.69. The van der Waals surface area contributed by atoms with E-state index in [4.69, 9.17) is 5.73 Å². The summed E-state index contributed by atoms with van der Waals surface area (Å²) in [6.07, 6.45) is 5.44. The van der Waals surface area contributed by atoms with E-state index in [-0.39, 0.29) is 0 Å². The lowest BCUT2D eigenvalue weighted by Crippen LogP contribution is -2.01. The lowest BCUT2D eigenvalue weighted by molar-refractivity contribution is 0.584. The summed E-state index contributed by atoms with van der Waals surface area (Å²) in [5.74, 6) is 0.498. The van der Waals surface area contributed by atoms with E-state index in [1.165, 1.54) is 6.33 Å². The predicted octanol–water partition coefficient (Wildman–Crippen LogP) is 1.21. The molecule has 0 aliphatic heterocycles. The molecule has 2 N–H and O–H groups in total. The lowest BCUT2D eigenvalue weighted by atomic mass is 10.3. The van der Waals surface area contributed by atoms with Crippen LogP contribution < -0.4 is 5.73 Å². The Morgan fingerprint density at radius 3 is 3.07 bits per heavy atom. The summed E-state index contributed by atoms with van der Waals surface area (Å²) >= 11 is 0. The molecule has 5 nitrogen and oxygen atoms in total. The van der Waals surface area contributed by atoms with Crippen LogP contribution in [0.15, 0.2) is 12.5 Å². The molecule has 2 aromatic heterocycles. The summed E-state index contributed by atoms with van der Waals surface area (Å²) in [6.45, 7) is 3.03. The second-order valence-electron chi connectivity index (χ2n) is 3.22. The van der Waals surface area contributed by atoms with E-state index in [0.29, 0.717) is 5.82 Å². The summed E-state index contributed by atoms with van der Waals surface area (Å²) in [5.41, 5.74) is 6.52. The molecule has 0 bridgehead atoms. The van der Waals surface area contributed by atoms with Crippen molar-refractivity contribution in [3.05, 3.63) is 12.5 Å². The van der Waals surface area contributed by atoms with Gasteiger partial charge in [0.2, 0.25) is 0 Å². The fraction of sp³-hybridized carbons (Fsp3) is 0.444. The van der Waals surface area contributed by atoms with Gasteiger partial charge in [0.05, 0.1) is 11.6 Å². The summed E-state index contributed by atoms with van der Waals surface area (Å²) in [4.78, 5) is 8.08. The highest BCUT2D eigenvalue weighted by molar-refractivity contribution is 5.84. The molecule has 0 aliphatic carbocycles. The van der Waals surface area contributed by atoms with Crippen LogP contribution in [0, 0.1) is 0 Å². The minimum atomic E-state index is 0.498. The van der Waals surface area contributed by atoms with Crippen molar-refractivity contribution in [2.24, 2.45) is 0 Å². The van der Waals surface area contributed by atoms with Gasteiger partial charge in [-0.05, 0) is 6.42 Å². The maximum Gasteiger partial charge on any atom is 0.163 e. The molecule has 0 aromatic carbocycles. The van der Waals surface area contributed by atoms with Gasteiger partial charge in [0.15, 0.2) is 5.65 Å². The highest BCUT2D eigenvalue weighted by Gasteiger charge is 2.06. The Balaban J connectivity index is 2.42. The number of anilines is 1. The van der Waals surface area contributed by atoms with Crippen molar-refractivity contribution in [3.63, 3.8) is 0 Å². The molecule has 0 saturated heterocycles. The zero-order valence-electron chi connectivity index (χ0n) is 8.14. The van der Waals surface area contributed by atoms with E-state index >= 15 is 0 Å². The van der Waals surface area contributed by atoms with Gasteiger partial charge in [-0.3, -0.25) is 0 Å². The minimum Gasteiger partial charge on any atom is -0.383 e. The first kappa shape index (κ1) is 8.93. The standard InChI is InChI=1S/C9H13N5/c1-2-3-4-14-9-7(5-13-14)8(10)11-6-12-9/h5-6H,2-4H2,1H3,(H2,10,11,12). The van der Waals surface area contributed by atoms with E-state index < -0.39 is 0 Å². The highest BCUT2D eigenvalue weighted by atomic mass is 15.3. The highest BCUT2D eigenvalue weighted by Crippen LogP contribution is 2.15. The number of nitrogens with zero attached hydrogens (tertiary/aromatic N) is 4. The molecule has 0 radical (unpaired) electrons.